The molecule has 0 unspecified atom stereocenters. The quantitative estimate of drug-likeness (QED) is 0.698. The topological polar surface area (TPSA) is 85.5 Å². The van der Waals surface area contributed by atoms with Crippen LogP contribution in [0.15, 0.2) is 47.0 Å². The van der Waals surface area contributed by atoms with E-state index >= 15 is 0 Å². The van der Waals surface area contributed by atoms with Gasteiger partial charge in [-0.1, -0.05) is 25.9 Å². The molecule has 140 valence electrons. The third-order valence-electron chi connectivity index (χ3n) is 4.15. The molecule has 0 aliphatic carbocycles. The van der Waals surface area contributed by atoms with Gasteiger partial charge in [0.15, 0.2) is 0 Å². The van der Waals surface area contributed by atoms with Crippen LogP contribution < -0.4 is 4.74 Å². The number of rotatable bonds is 5. The molecule has 0 saturated heterocycles. The monoisotopic (exact) mass is 366 g/mol. The highest BCUT2D eigenvalue weighted by molar-refractivity contribution is 5.88. The van der Waals surface area contributed by atoms with Crippen molar-refractivity contribution in [3.8, 4) is 28.6 Å². The molecule has 6 heteroatoms. The van der Waals surface area contributed by atoms with Crippen molar-refractivity contribution in [2.45, 2.75) is 33.1 Å². The Labute approximate surface area is 157 Å². The van der Waals surface area contributed by atoms with Gasteiger partial charge in [0.2, 0.25) is 5.82 Å². The van der Waals surface area contributed by atoms with Crippen molar-refractivity contribution in [2.24, 2.45) is 0 Å². The largest absolute Gasteiger partial charge is 0.494 e. The number of hydrogen-bond acceptors (Lipinski definition) is 5. The molecule has 3 rings (SSSR count). The molecule has 3 aromatic rings. The predicted octanol–water partition coefficient (Wildman–Crippen LogP) is 4.80. The Hall–Kier alpha value is -3.15. The van der Waals surface area contributed by atoms with Crippen LogP contribution in [-0.2, 0) is 5.41 Å². The lowest BCUT2D eigenvalue weighted by Gasteiger charge is -2.23. The molecule has 6 nitrogen and oxygen atoms in total. The van der Waals surface area contributed by atoms with Gasteiger partial charge >= 0.3 is 5.97 Å². The summed E-state index contributed by atoms with van der Waals surface area (Å²) in [5.74, 6) is 0.688. The van der Waals surface area contributed by atoms with E-state index in [1.807, 2.05) is 25.1 Å². The molecule has 0 atom stereocenters. The van der Waals surface area contributed by atoms with Crippen molar-refractivity contribution in [2.75, 3.05) is 6.61 Å². The normalized spacial score (nSPS) is 11.4. The van der Waals surface area contributed by atoms with Crippen LogP contribution in [0, 0.1) is 0 Å². The molecule has 2 aromatic carbocycles. The zero-order chi connectivity index (χ0) is 19.6. The van der Waals surface area contributed by atoms with Crippen molar-refractivity contribution in [3.05, 3.63) is 53.6 Å². The zero-order valence-electron chi connectivity index (χ0n) is 15.8. The Bertz CT molecular complexity index is 953. The first-order valence-electron chi connectivity index (χ1n) is 8.74. The maximum Gasteiger partial charge on any atom is 0.335 e. The molecule has 1 aromatic heterocycles. The number of carbonyl (C=O) groups is 1. The fourth-order valence-corrected chi connectivity index (χ4v) is 2.75. The Morgan fingerprint density at radius 1 is 1.11 bits per heavy atom. The molecular weight excluding hydrogens is 344 g/mol. The van der Waals surface area contributed by atoms with Crippen molar-refractivity contribution < 1.29 is 19.2 Å². The highest BCUT2D eigenvalue weighted by Crippen LogP contribution is 2.35. The maximum atomic E-state index is 11.0. The van der Waals surface area contributed by atoms with Crippen molar-refractivity contribution in [1.29, 1.82) is 0 Å². The molecule has 0 radical (unpaired) electrons. The first-order chi connectivity index (χ1) is 12.8. The zero-order valence-corrected chi connectivity index (χ0v) is 15.8. The predicted molar refractivity (Wildman–Crippen MR) is 102 cm³/mol. The molecule has 0 spiro atoms. The Morgan fingerprint density at radius 2 is 1.78 bits per heavy atom. The fourth-order valence-electron chi connectivity index (χ4n) is 2.75. The van der Waals surface area contributed by atoms with Crippen molar-refractivity contribution >= 4 is 5.97 Å². The number of carboxylic acid groups (broad SMARTS) is 1. The minimum Gasteiger partial charge on any atom is -0.494 e. The van der Waals surface area contributed by atoms with Gasteiger partial charge in [-0.15, -0.1) is 0 Å². The molecule has 0 fully saturated rings. The summed E-state index contributed by atoms with van der Waals surface area (Å²) in [4.78, 5) is 15.4. The van der Waals surface area contributed by atoms with Gasteiger partial charge in [0.1, 0.15) is 5.75 Å². The molecule has 0 bridgehead atoms. The first kappa shape index (κ1) is 18.6. The Morgan fingerprint density at radius 3 is 2.37 bits per heavy atom. The second-order valence-electron chi connectivity index (χ2n) is 7.20. The van der Waals surface area contributed by atoms with E-state index in [9.17, 15) is 4.79 Å². The van der Waals surface area contributed by atoms with Gasteiger partial charge in [-0.3, -0.25) is 0 Å². The summed E-state index contributed by atoms with van der Waals surface area (Å²) in [7, 11) is 0. The molecule has 0 amide bonds. The van der Waals surface area contributed by atoms with E-state index in [0.29, 0.717) is 23.9 Å². The van der Waals surface area contributed by atoms with Gasteiger partial charge in [-0.2, -0.15) is 4.98 Å². The summed E-state index contributed by atoms with van der Waals surface area (Å²) in [6, 6.07) is 12.2. The van der Waals surface area contributed by atoms with E-state index < -0.39 is 5.97 Å². The molecular formula is C21H22N2O4. The summed E-state index contributed by atoms with van der Waals surface area (Å²) in [5.41, 5.74) is 2.68. The van der Waals surface area contributed by atoms with Crippen LogP contribution in [0.2, 0.25) is 0 Å². The number of aromatic carboxylic acids is 1. The highest BCUT2D eigenvalue weighted by atomic mass is 16.5. The van der Waals surface area contributed by atoms with Crippen molar-refractivity contribution in [3.63, 3.8) is 0 Å². The van der Waals surface area contributed by atoms with E-state index in [1.54, 1.807) is 12.1 Å². The average molecular weight is 366 g/mol. The third-order valence-corrected chi connectivity index (χ3v) is 4.15. The molecule has 1 N–H and O–H groups in total. The molecule has 0 saturated carbocycles. The Kier molecular flexibility index (Phi) is 4.99. The lowest BCUT2D eigenvalue weighted by atomic mass is 9.85. The number of benzene rings is 2. The van der Waals surface area contributed by atoms with Gasteiger partial charge in [-0.05, 0) is 54.8 Å². The molecule has 27 heavy (non-hydrogen) atoms. The van der Waals surface area contributed by atoms with Crippen LogP contribution in [0.3, 0.4) is 0 Å². The summed E-state index contributed by atoms with van der Waals surface area (Å²) < 4.78 is 11.1. The Balaban J connectivity index is 1.95. The summed E-state index contributed by atoms with van der Waals surface area (Å²) in [6.45, 7) is 8.93. The summed E-state index contributed by atoms with van der Waals surface area (Å²) >= 11 is 0. The van der Waals surface area contributed by atoms with Crippen LogP contribution in [0.4, 0.5) is 0 Å². The fraction of sp³-hybridized carbons (Fsp3) is 0.286. The second-order valence-corrected chi connectivity index (χ2v) is 7.20. The van der Waals surface area contributed by atoms with Crippen LogP contribution in [0.25, 0.3) is 22.8 Å². The van der Waals surface area contributed by atoms with Crippen LogP contribution in [0.5, 0.6) is 5.75 Å². The van der Waals surface area contributed by atoms with Crippen LogP contribution >= 0.6 is 0 Å². The van der Waals surface area contributed by atoms with Gasteiger partial charge in [0, 0.05) is 16.7 Å². The number of aromatic nitrogens is 2. The van der Waals surface area contributed by atoms with Gasteiger partial charge in [0.25, 0.3) is 5.89 Å². The number of ether oxygens (including phenoxy) is 1. The minimum absolute atomic E-state index is 0.0975. The molecule has 0 aliphatic heterocycles. The first-order valence-corrected chi connectivity index (χ1v) is 8.74. The summed E-state index contributed by atoms with van der Waals surface area (Å²) in [6.07, 6.45) is 0. The van der Waals surface area contributed by atoms with E-state index in [2.05, 4.69) is 30.9 Å². The minimum atomic E-state index is -0.975. The van der Waals surface area contributed by atoms with Crippen LogP contribution in [0.1, 0.15) is 43.6 Å². The smallest absolute Gasteiger partial charge is 0.335 e. The maximum absolute atomic E-state index is 11.0. The SMILES string of the molecule is CCOc1ccc(-c2noc(-c3ccc(C(=O)O)cc3)n2)cc1C(C)(C)C. The van der Waals surface area contributed by atoms with E-state index in [4.69, 9.17) is 14.4 Å². The van der Waals surface area contributed by atoms with Crippen molar-refractivity contribution in [1.82, 2.24) is 10.1 Å². The molecule has 0 aliphatic rings. The van der Waals surface area contributed by atoms with E-state index in [0.717, 1.165) is 16.9 Å². The lowest BCUT2D eigenvalue weighted by molar-refractivity contribution is 0.0697. The van der Waals surface area contributed by atoms with Crippen LogP contribution in [-0.4, -0.2) is 27.8 Å². The highest BCUT2D eigenvalue weighted by Gasteiger charge is 2.21. The lowest BCUT2D eigenvalue weighted by Crippen LogP contribution is -2.13. The van der Waals surface area contributed by atoms with Gasteiger partial charge in [0.05, 0.1) is 12.2 Å². The summed E-state index contributed by atoms with van der Waals surface area (Å²) in [5, 5.41) is 13.1. The number of carboxylic acids is 1. The molecule has 1 heterocycles. The van der Waals surface area contributed by atoms with E-state index in [-0.39, 0.29) is 11.0 Å². The van der Waals surface area contributed by atoms with E-state index in [1.165, 1.54) is 12.1 Å². The van der Waals surface area contributed by atoms with Gasteiger partial charge in [-0.25, -0.2) is 4.79 Å². The second kappa shape index (κ2) is 7.23. The third kappa shape index (κ3) is 4.00. The number of nitrogens with zero attached hydrogens (tertiary/aromatic N) is 2. The van der Waals surface area contributed by atoms with Gasteiger partial charge < -0.3 is 14.4 Å². The average Bonchev–Trinajstić information content (AvgIpc) is 3.11. The standard InChI is InChI=1S/C21H22N2O4/c1-5-26-17-11-10-15(12-16(17)21(2,3)4)18-22-19(27-23-18)13-6-8-14(9-7-13)20(24)25/h6-12H,5H2,1-4H3,(H,24,25). The number of hydrogen-bond donors (Lipinski definition) is 1.